The standard InChI is InChI=1S/C16H22ClN3/c1-12-11-20(14(3)19-12)10-4-9-18-13(2)15-5-7-16(17)8-6-15/h5-8,11,13,18H,4,9-10H2,1-3H3. The summed E-state index contributed by atoms with van der Waals surface area (Å²) in [6.45, 7) is 8.25. The van der Waals surface area contributed by atoms with Crippen molar-refractivity contribution in [3.05, 3.63) is 52.6 Å². The van der Waals surface area contributed by atoms with E-state index >= 15 is 0 Å². The monoisotopic (exact) mass is 291 g/mol. The van der Waals surface area contributed by atoms with Crippen molar-refractivity contribution in [3.8, 4) is 0 Å². The lowest BCUT2D eigenvalue weighted by atomic mass is 10.1. The minimum Gasteiger partial charge on any atom is -0.335 e. The minimum absolute atomic E-state index is 0.345. The van der Waals surface area contributed by atoms with Crippen molar-refractivity contribution < 1.29 is 0 Å². The van der Waals surface area contributed by atoms with E-state index in [1.807, 2.05) is 19.1 Å². The van der Waals surface area contributed by atoms with E-state index in [-0.39, 0.29) is 0 Å². The number of hydrogen-bond donors (Lipinski definition) is 1. The van der Waals surface area contributed by atoms with Crippen LogP contribution in [0.3, 0.4) is 0 Å². The molecule has 1 atom stereocenters. The topological polar surface area (TPSA) is 29.9 Å². The van der Waals surface area contributed by atoms with Crippen LogP contribution in [0.2, 0.25) is 5.02 Å². The van der Waals surface area contributed by atoms with Crippen molar-refractivity contribution in [2.45, 2.75) is 39.8 Å². The van der Waals surface area contributed by atoms with Gasteiger partial charge in [-0.2, -0.15) is 0 Å². The first-order chi connectivity index (χ1) is 9.56. The fraction of sp³-hybridized carbons (Fsp3) is 0.438. The Morgan fingerprint density at radius 3 is 2.55 bits per heavy atom. The second-order valence-electron chi connectivity index (χ2n) is 5.20. The number of nitrogens with one attached hydrogen (secondary N) is 1. The van der Waals surface area contributed by atoms with Crippen molar-refractivity contribution in [2.75, 3.05) is 6.54 Å². The predicted octanol–water partition coefficient (Wildman–Crippen LogP) is 3.89. The van der Waals surface area contributed by atoms with Gasteiger partial charge < -0.3 is 9.88 Å². The number of hydrogen-bond acceptors (Lipinski definition) is 2. The normalized spacial score (nSPS) is 12.6. The van der Waals surface area contributed by atoms with Gasteiger partial charge in [0, 0.05) is 23.8 Å². The number of rotatable bonds is 6. The molecule has 2 aromatic rings. The maximum Gasteiger partial charge on any atom is 0.105 e. The van der Waals surface area contributed by atoms with Crippen LogP contribution >= 0.6 is 11.6 Å². The molecule has 1 heterocycles. The molecular formula is C16H22ClN3. The first-order valence-corrected chi connectivity index (χ1v) is 7.43. The zero-order valence-electron chi connectivity index (χ0n) is 12.4. The Morgan fingerprint density at radius 1 is 1.25 bits per heavy atom. The second-order valence-corrected chi connectivity index (χ2v) is 5.64. The number of halogens is 1. The molecule has 0 saturated heterocycles. The number of nitrogens with zero attached hydrogens (tertiary/aromatic N) is 2. The van der Waals surface area contributed by atoms with Crippen LogP contribution in [-0.2, 0) is 6.54 Å². The number of imidazole rings is 1. The van der Waals surface area contributed by atoms with E-state index in [2.05, 4.69) is 47.0 Å². The van der Waals surface area contributed by atoms with Gasteiger partial charge in [0.1, 0.15) is 5.82 Å². The molecule has 1 aromatic carbocycles. The van der Waals surface area contributed by atoms with Crippen molar-refractivity contribution in [3.63, 3.8) is 0 Å². The average Bonchev–Trinajstić information content (AvgIpc) is 2.73. The largest absolute Gasteiger partial charge is 0.335 e. The number of aryl methyl sites for hydroxylation is 3. The Bertz CT molecular complexity index is 545. The van der Waals surface area contributed by atoms with E-state index in [1.54, 1.807) is 0 Å². The average molecular weight is 292 g/mol. The van der Waals surface area contributed by atoms with Gasteiger partial charge >= 0.3 is 0 Å². The molecule has 0 aliphatic rings. The number of aromatic nitrogens is 2. The molecular weight excluding hydrogens is 270 g/mol. The van der Waals surface area contributed by atoms with Gasteiger partial charge in [0.15, 0.2) is 0 Å². The molecule has 0 amide bonds. The van der Waals surface area contributed by atoms with E-state index < -0.39 is 0 Å². The van der Waals surface area contributed by atoms with E-state index in [0.29, 0.717) is 6.04 Å². The quantitative estimate of drug-likeness (QED) is 0.818. The summed E-state index contributed by atoms with van der Waals surface area (Å²) in [5, 5.41) is 4.32. The number of benzene rings is 1. The molecule has 1 unspecified atom stereocenters. The lowest BCUT2D eigenvalue weighted by Gasteiger charge is -2.14. The lowest BCUT2D eigenvalue weighted by molar-refractivity contribution is 0.523. The maximum atomic E-state index is 5.90. The zero-order valence-corrected chi connectivity index (χ0v) is 13.1. The Kier molecular flexibility index (Phi) is 5.21. The Balaban J connectivity index is 1.75. The first-order valence-electron chi connectivity index (χ1n) is 7.05. The SMILES string of the molecule is Cc1cn(CCCNC(C)c2ccc(Cl)cc2)c(C)n1. The smallest absolute Gasteiger partial charge is 0.105 e. The van der Waals surface area contributed by atoms with Gasteiger partial charge in [-0.15, -0.1) is 0 Å². The summed E-state index contributed by atoms with van der Waals surface area (Å²) < 4.78 is 2.21. The summed E-state index contributed by atoms with van der Waals surface area (Å²) in [4.78, 5) is 4.41. The molecule has 1 N–H and O–H groups in total. The van der Waals surface area contributed by atoms with Crippen molar-refractivity contribution in [1.29, 1.82) is 0 Å². The van der Waals surface area contributed by atoms with Gasteiger partial charge in [-0.1, -0.05) is 23.7 Å². The summed E-state index contributed by atoms with van der Waals surface area (Å²) in [5.41, 5.74) is 2.36. The van der Waals surface area contributed by atoms with E-state index in [4.69, 9.17) is 11.6 Å². The molecule has 3 nitrogen and oxygen atoms in total. The predicted molar refractivity (Wildman–Crippen MR) is 84.2 cm³/mol. The van der Waals surface area contributed by atoms with Gasteiger partial charge in [0.25, 0.3) is 0 Å². The third-order valence-corrected chi connectivity index (χ3v) is 3.74. The lowest BCUT2D eigenvalue weighted by Crippen LogP contribution is -2.21. The minimum atomic E-state index is 0.345. The molecule has 20 heavy (non-hydrogen) atoms. The van der Waals surface area contributed by atoms with Gasteiger partial charge in [-0.25, -0.2) is 4.98 Å². The third-order valence-electron chi connectivity index (χ3n) is 3.49. The molecule has 2 rings (SSSR count). The first kappa shape index (κ1) is 15.1. The molecule has 4 heteroatoms. The van der Waals surface area contributed by atoms with E-state index in [1.165, 1.54) is 5.56 Å². The highest BCUT2D eigenvalue weighted by Gasteiger charge is 2.04. The van der Waals surface area contributed by atoms with Crippen molar-refractivity contribution >= 4 is 11.6 Å². The fourth-order valence-corrected chi connectivity index (χ4v) is 2.46. The molecule has 0 aliphatic carbocycles. The van der Waals surface area contributed by atoms with E-state index in [9.17, 15) is 0 Å². The highest BCUT2D eigenvalue weighted by molar-refractivity contribution is 6.30. The molecule has 0 aliphatic heterocycles. The van der Waals surface area contributed by atoms with Gasteiger partial charge in [-0.3, -0.25) is 0 Å². The maximum absolute atomic E-state index is 5.90. The van der Waals surface area contributed by atoms with Crippen molar-refractivity contribution in [2.24, 2.45) is 0 Å². The molecule has 0 spiro atoms. The van der Waals surface area contributed by atoms with Crippen LogP contribution in [0, 0.1) is 13.8 Å². The summed E-state index contributed by atoms with van der Waals surface area (Å²) in [7, 11) is 0. The molecule has 1 aromatic heterocycles. The highest BCUT2D eigenvalue weighted by Crippen LogP contribution is 2.15. The second kappa shape index (κ2) is 6.91. The molecule has 0 fully saturated rings. The van der Waals surface area contributed by atoms with Crippen molar-refractivity contribution in [1.82, 2.24) is 14.9 Å². The Labute approximate surface area is 126 Å². The van der Waals surface area contributed by atoms with Crippen LogP contribution in [-0.4, -0.2) is 16.1 Å². The van der Waals surface area contributed by atoms with Crippen LogP contribution < -0.4 is 5.32 Å². The highest BCUT2D eigenvalue weighted by atomic mass is 35.5. The summed E-state index contributed by atoms with van der Waals surface area (Å²) in [6.07, 6.45) is 3.20. The zero-order chi connectivity index (χ0) is 14.5. The van der Waals surface area contributed by atoms with Gasteiger partial charge in [-0.05, 0) is 51.4 Å². The fourth-order valence-electron chi connectivity index (χ4n) is 2.33. The van der Waals surface area contributed by atoms with Crippen LogP contribution in [0.4, 0.5) is 0 Å². The van der Waals surface area contributed by atoms with Gasteiger partial charge in [0.2, 0.25) is 0 Å². The van der Waals surface area contributed by atoms with Crippen LogP contribution in [0.1, 0.15) is 36.5 Å². The van der Waals surface area contributed by atoms with Crippen LogP contribution in [0.15, 0.2) is 30.5 Å². The third kappa shape index (κ3) is 4.09. The van der Waals surface area contributed by atoms with Crippen LogP contribution in [0.25, 0.3) is 0 Å². The van der Waals surface area contributed by atoms with E-state index in [0.717, 1.165) is 36.1 Å². The Morgan fingerprint density at radius 2 is 1.95 bits per heavy atom. The summed E-state index contributed by atoms with van der Waals surface area (Å²) in [5.74, 6) is 1.09. The molecule has 108 valence electrons. The molecule has 0 bridgehead atoms. The van der Waals surface area contributed by atoms with Gasteiger partial charge in [0.05, 0.1) is 5.69 Å². The molecule has 0 saturated carbocycles. The molecule has 0 radical (unpaired) electrons. The summed E-state index contributed by atoms with van der Waals surface area (Å²) >= 11 is 5.90. The Hall–Kier alpha value is -1.32. The summed E-state index contributed by atoms with van der Waals surface area (Å²) in [6, 6.07) is 8.37. The van der Waals surface area contributed by atoms with Crippen LogP contribution in [0.5, 0.6) is 0 Å².